The molecule has 0 saturated heterocycles. The molecular weight excluding hydrogens is 357 g/mol. The highest BCUT2D eigenvalue weighted by Gasteiger charge is 2.21. The van der Waals surface area contributed by atoms with Crippen molar-refractivity contribution in [2.45, 2.75) is 0 Å². The lowest BCUT2D eigenvalue weighted by atomic mass is 10.0. The van der Waals surface area contributed by atoms with E-state index >= 15 is 0 Å². The van der Waals surface area contributed by atoms with Crippen LogP contribution < -0.4 is 5.32 Å². The summed E-state index contributed by atoms with van der Waals surface area (Å²) < 4.78 is 23.1. The number of methoxy groups -OCH3 is 1. The first-order chi connectivity index (χ1) is 12.6. The molecule has 0 aliphatic heterocycles. The largest absolute Gasteiger partial charge is 0.465 e. The van der Waals surface area contributed by atoms with Gasteiger partial charge in [-0.1, -0.05) is 12.1 Å². The molecule has 0 fully saturated rings. The number of carbonyl (C=O) groups is 2. The second kappa shape index (κ2) is 7.79. The number of anilines is 1. The van der Waals surface area contributed by atoms with Crippen molar-refractivity contribution in [3.05, 3.63) is 71.3 Å². The van der Waals surface area contributed by atoms with Crippen LogP contribution in [0.15, 0.2) is 58.5 Å². The average Bonchev–Trinajstić information content (AvgIpc) is 3.30. The van der Waals surface area contributed by atoms with E-state index in [4.69, 9.17) is 9.15 Å². The molecule has 0 bridgehead atoms. The topological polar surface area (TPSA) is 68.5 Å². The number of nitrogens with one attached hydrogen (secondary N) is 1. The highest BCUT2D eigenvalue weighted by atomic mass is 32.1. The third-order valence-corrected chi connectivity index (χ3v) is 4.41. The molecular formula is C19H14FNO4S. The number of thiophene rings is 1. The number of hydrogen-bond donors (Lipinski definition) is 1. The highest BCUT2D eigenvalue weighted by molar-refractivity contribution is 7.15. The third kappa shape index (κ3) is 3.89. The van der Waals surface area contributed by atoms with E-state index in [1.807, 2.05) is 0 Å². The van der Waals surface area contributed by atoms with Crippen molar-refractivity contribution in [2.24, 2.45) is 0 Å². The zero-order valence-electron chi connectivity index (χ0n) is 13.7. The molecule has 0 saturated carbocycles. The first kappa shape index (κ1) is 17.6. The van der Waals surface area contributed by atoms with Gasteiger partial charge in [0.1, 0.15) is 22.1 Å². The van der Waals surface area contributed by atoms with Crippen LogP contribution in [0.25, 0.3) is 17.2 Å². The lowest BCUT2D eigenvalue weighted by molar-refractivity contribution is -0.111. The van der Waals surface area contributed by atoms with E-state index in [0.717, 1.165) is 0 Å². The normalized spacial score (nSPS) is 10.8. The molecule has 7 heteroatoms. The molecule has 1 amide bonds. The fourth-order valence-electron chi connectivity index (χ4n) is 2.29. The van der Waals surface area contributed by atoms with Gasteiger partial charge in [-0.15, -0.1) is 11.3 Å². The van der Waals surface area contributed by atoms with Crippen molar-refractivity contribution in [3.63, 3.8) is 0 Å². The molecule has 3 aromatic rings. The second-order valence-electron chi connectivity index (χ2n) is 5.19. The van der Waals surface area contributed by atoms with Crippen molar-refractivity contribution >= 4 is 34.3 Å². The van der Waals surface area contributed by atoms with Crippen LogP contribution in [0.3, 0.4) is 0 Å². The number of halogens is 1. The molecule has 132 valence electrons. The van der Waals surface area contributed by atoms with Gasteiger partial charge in [-0.3, -0.25) is 4.79 Å². The van der Waals surface area contributed by atoms with Gasteiger partial charge in [0, 0.05) is 17.0 Å². The first-order valence-corrected chi connectivity index (χ1v) is 8.44. The van der Waals surface area contributed by atoms with Crippen LogP contribution in [0.2, 0.25) is 0 Å². The Hall–Kier alpha value is -3.19. The Kier molecular flexibility index (Phi) is 5.28. The van der Waals surface area contributed by atoms with Crippen LogP contribution in [-0.4, -0.2) is 19.0 Å². The zero-order valence-corrected chi connectivity index (χ0v) is 14.5. The van der Waals surface area contributed by atoms with Gasteiger partial charge in [0.05, 0.1) is 13.4 Å². The molecule has 2 aromatic heterocycles. The Bertz CT molecular complexity index is 943. The summed E-state index contributed by atoms with van der Waals surface area (Å²) >= 11 is 1.19. The maximum absolute atomic E-state index is 13.1. The Morgan fingerprint density at radius 1 is 1.23 bits per heavy atom. The van der Waals surface area contributed by atoms with Crippen molar-refractivity contribution in [3.8, 4) is 11.1 Å². The smallest absolute Gasteiger partial charge is 0.341 e. The summed E-state index contributed by atoms with van der Waals surface area (Å²) in [5, 5.41) is 4.73. The Labute approximate surface area is 152 Å². The lowest BCUT2D eigenvalue weighted by Crippen LogP contribution is -2.11. The van der Waals surface area contributed by atoms with E-state index in [1.165, 1.54) is 49.0 Å². The number of hydrogen-bond acceptors (Lipinski definition) is 5. The van der Waals surface area contributed by atoms with E-state index in [1.54, 1.807) is 29.6 Å². The van der Waals surface area contributed by atoms with E-state index in [2.05, 4.69) is 5.32 Å². The van der Waals surface area contributed by atoms with Gasteiger partial charge in [0.2, 0.25) is 5.91 Å². The van der Waals surface area contributed by atoms with Crippen molar-refractivity contribution in [1.82, 2.24) is 0 Å². The summed E-state index contributed by atoms with van der Waals surface area (Å²) in [5.74, 6) is -0.846. The lowest BCUT2D eigenvalue weighted by Gasteiger charge is -2.06. The molecule has 3 rings (SSSR count). The summed E-state index contributed by atoms with van der Waals surface area (Å²) in [7, 11) is 1.26. The van der Waals surface area contributed by atoms with E-state index < -0.39 is 11.9 Å². The molecule has 5 nitrogen and oxygen atoms in total. The Morgan fingerprint density at radius 2 is 2.00 bits per heavy atom. The average molecular weight is 371 g/mol. The number of rotatable bonds is 5. The predicted octanol–water partition coefficient (Wildman–Crippen LogP) is 4.59. The van der Waals surface area contributed by atoms with Gasteiger partial charge in [-0.2, -0.15) is 0 Å². The standard InChI is InChI=1S/C19H14FNO4S/c1-24-19(23)17-15(12-4-6-13(20)7-5-12)11-26-18(17)21-16(22)9-8-14-3-2-10-25-14/h2-11H,1H3,(H,21,22). The number of amides is 1. The van der Waals surface area contributed by atoms with Gasteiger partial charge in [-0.25, -0.2) is 9.18 Å². The summed E-state index contributed by atoms with van der Waals surface area (Å²) in [5.41, 5.74) is 1.44. The van der Waals surface area contributed by atoms with Gasteiger partial charge in [0.25, 0.3) is 0 Å². The summed E-state index contributed by atoms with van der Waals surface area (Å²) in [6.45, 7) is 0. The summed E-state index contributed by atoms with van der Waals surface area (Å²) in [6.07, 6.45) is 4.32. The molecule has 26 heavy (non-hydrogen) atoms. The Balaban J connectivity index is 1.88. The van der Waals surface area contributed by atoms with Crippen molar-refractivity contribution < 1.29 is 23.1 Å². The fraction of sp³-hybridized carbons (Fsp3) is 0.0526. The van der Waals surface area contributed by atoms with Gasteiger partial charge < -0.3 is 14.5 Å². The monoisotopic (exact) mass is 371 g/mol. The maximum Gasteiger partial charge on any atom is 0.341 e. The second-order valence-corrected chi connectivity index (χ2v) is 6.07. The zero-order chi connectivity index (χ0) is 18.5. The molecule has 0 unspecified atom stereocenters. The van der Waals surface area contributed by atoms with Gasteiger partial charge >= 0.3 is 5.97 Å². The van der Waals surface area contributed by atoms with Crippen LogP contribution in [0.4, 0.5) is 9.39 Å². The maximum atomic E-state index is 13.1. The highest BCUT2D eigenvalue weighted by Crippen LogP contribution is 2.36. The predicted molar refractivity (Wildman–Crippen MR) is 97.4 cm³/mol. The SMILES string of the molecule is COC(=O)c1c(-c2ccc(F)cc2)csc1NC(=O)C=Cc1ccco1. The summed E-state index contributed by atoms with van der Waals surface area (Å²) in [6, 6.07) is 9.15. The number of ether oxygens (including phenoxy) is 1. The molecule has 2 heterocycles. The fourth-order valence-corrected chi connectivity index (χ4v) is 3.25. The Morgan fingerprint density at radius 3 is 2.65 bits per heavy atom. The molecule has 0 atom stereocenters. The van der Waals surface area contributed by atoms with E-state index in [-0.39, 0.29) is 11.4 Å². The third-order valence-electron chi connectivity index (χ3n) is 3.51. The molecule has 0 spiro atoms. The van der Waals surface area contributed by atoms with Gasteiger partial charge in [0.15, 0.2) is 0 Å². The molecule has 0 aliphatic rings. The summed E-state index contributed by atoms with van der Waals surface area (Å²) in [4.78, 5) is 24.3. The molecule has 0 radical (unpaired) electrons. The quantitative estimate of drug-likeness (QED) is 0.526. The van der Waals surface area contributed by atoms with E-state index in [0.29, 0.717) is 21.9 Å². The van der Waals surface area contributed by atoms with Crippen molar-refractivity contribution in [1.29, 1.82) is 0 Å². The minimum Gasteiger partial charge on any atom is -0.465 e. The molecule has 1 aromatic carbocycles. The minimum atomic E-state index is -0.587. The van der Waals surface area contributed by atoms with Crippen LogP contribution in [0.1, 0.15) is 16.1 Å². The first-order valence-electron chi connectivity index (χ1n) is 7.57. The number of esters is 1. The number of benzene rings is 1. The van der Waals surface area contributed by atoms with Gasteiger partial charge in [-0.05, 0) is 35.9 Å². The molecule has 1 N–H and O–H groups in total. The van der Waals surface area contributed by atoms with Crippen LogP contribution in [0.5, 0.6) is 0 Å². The van der Waals surface area contributed by atoms with E-state index in [9.17, 15) is 14.0 Å². The number of furan rings is 1. The van der Waals surface area contributed by atoms with Crippen LogP contribution in [-0.2, 0) is 9.53 Å². The minimum absolute atomic E-state index is 0.226. The molecule has 0 aliphatic carbocycles. The van der Waals surface area contributed by atoms with Crippen LogP contribution in [0, 0.1) is 5.82 Å². The number of carbonyl (C=O) groups excluding carboxylic acids is 2. The van der Waals surface area contributed by atoms with Crippen LogP contribution >= 0.6 is 11.3 Å². The van der Waals surface area contributed by atoms with Crippen molar-refractivity contribution in [2.75, 3.05) is 12.4 Å².